The summed E-state index contributed by atoms with van der Waals surface area (Å²) < 4.78 is 31.4. The fraction of sp³-hybridized carbons (Fsp3) is 0.900. The van der Waals surface area contributed by atoms with E-state index in [9.17, 15) is 9.59 Å². The summed E-state index contributed by atoms with van der Waals surface area (Å²) in [6.07, 6.45) is 3.82. The van der Waals surface area contributed by atoms with Crippen molar-refractivity contribution < 1.29 is 43.1 Å². The number of carboxylic acids is 1. The van der Waals surface area contributed by atoms with Gasteiger partial charge >= 0.3 is 11.9 Å². The predicted octanol–water partition coefficient (Wildman–Crippen LogP) is 1.91. The molecule has 172 valence electrons. The molecule has 0 radical (unpaired) electrons. The van der Waals surface area contributed by atoms with E-state index in [1.807, 2.05) is 6.92 Å². The Hall–Kier alpha value is -1.26. The summed E-state index contributed by atoms with van der Waals surface area (Å²) in [5.74, 6) is -1.13. The van der Waals surface area contributed by atoms with Gasteiger partial charge in [0, 0.05) is 0 Å². The van der Waals surface area contributed by atoms with E-state index in [2.05, 4.69) is 6.92 Å². The maximum Gasteiger partial charge on any atom is 0.329 e. The number of rotatable bonds is 22. The average molecular weight is 423 g/mol. The zero-order valence-corrected chi connectivity index (χ0v) is 17.9. The van der Waals surface area contributed by atoms with Crippen LogP contribution in [0.25, 0.3) is 0 Å². The molecule has 1 unspecified atom stereocenters. The van der Waals surface area contributed by atoms with Gasteiger partial charge in [0.2, 0.25) is 0 Å². The van der Waals surface area contributed by atoms with E-state index in [0.29, 0.717) is 52.9 Å². The van der Waals surface area contributed by atoms with Crippen molar-refractivity contribution >= 4 is 11.9 Å². The number of hydrogen-bond acceptors (Lipinski definition) is 8. The number of hydrogen-bond donors (Lipinski definition) is 1. The summed E-state index contributed by atoms with van der Waals surface area (Å²) in [7, 11) is 0. The number of carbonyl (C=O) groups excluding carboxylic acids is 1. The van der Waals surface area contributed by atoms with Crippen molar-refractivity contribution in [3.05, 3.63) is 0 Å². The Morgan fingerprint density at radius 2 is 1.17 bits per heavy atom. The molecule has 1 N–H and O–H groups in total. The molecule has 0 saturated heterocycles. The van der Waals surface area contributed by atoms with Crippen LogP contribution in [0.4, 0.5) is 0 Å². The summed E-state index contributed by atoms with van der Waals surface area (Å²) >= 11 is 0. The second kappa shape index (κ2) is 21.4. The highest BCUT2D eigenvalue weighted by atomic mass is 16.6. The summed E-state index contributed by atoms with van der Waals surface area (Å²) in [4.78, 5) is 22.1. The van der Waals surface area contributed by atoms with Crippen LogP contribution in [-0.4, -0.2) is 89.7 Å². The van der Waals surface area contributed by atoms with Gasteiger partial charge in [-0.25, -0.2) is 4.79 Å². The molecule has 0 amide bonds. The lowest BCUT2D eigenvalue weighted by Crippen LogP contribution is -2.20. The van der Waals surface area contributed by atoms with Crippen LogP contribution in [0.1, 0.15) is 39.5 Å². The third kappa shape index (κ3) is 19.8. The fourth-order valence-electron chi connectivity index (χ4n) is 2.30. The van der Waals surface area contributed by atoms with Crippen molar-refractivity contribution in [3.8, 4) is 0 Å². The molecule has 0 rings (SSSR count). The van der Waals surface area contributed by atoms with Gasteiger partial charge in [-0.2, -0.15) is 0 Å². The highest BCUT2D eigenvalue weighted by molar-refractivity contribution is 5.72. The zero-order valence-electron chi connectivity index (χ0n) is 17.9. The minimum absolute atomic E-state index is 0.00560. The Balaban J connectivity index is 3.25. The molecule has 0 aliphatic carbocycles. The number of carboxylic acid groups (broad SMARTS) is 1. The predicted molar refractivity (Wildman–Crippen MR) is 106 cm³/mol. The molecule has 0 aromatic rings. The van der Waals surface area contributed by atoms with Crippen LogP contribution in [0.2, 0.25) is 0 Å². The first-order valence-corrected chi connectivity index (χ1v) is 10.4. The monoisotopic (exact) mass is 422 g/mol. The van der Waals surface area contributed by atoms with E-state index in [1.165, 1.54) is 0 Å². The van der Waals surface area contributed by atoms with Crippen molar-refractivity contribution in [1.29, 1.82) is 0 Å². The van der Waals surface area contributed by atoms with Gasteiger partial charge in [-0.3, -0.25) is 4.79 Å². The molecule has 0 fully saturated rings. The second-order valence-corrected chi connectivity index (χ2v) is 6.31. The third-order valence-corrected chi connectivity index (χ3v) is 3.92. The second-order valence-electron chi connectivity index (χ2n) is 6.31. The maximum atomic E-state index is 11.9. The van der Waals surface area contributed by atoms with E-state index >= 15 is 0 Å². The minimum atomic E-state index is -0.995. The molecular formula is C20H38O9. The Morgan fingerprint density at radius 3 is 1.59 bits per heavy atom. The highest BCUT2D eigenvalue weighted by Gasteiger charge is 2.16. The average Bonchev–Trinajstić information content (AvgIpc) is 2.70. The maximum absolute atomic E-state index is 11.9. The molecule has 9 nitrogen and oxygen atoms in total. The van der Waals surface area contributed by atoms with Gasteiger partial charge in [0.25, 0.3) is 0 Å². The van der Waals surface area contributed by atoms with E-state index < -0.39 is 5.97 Å². The van der Waals surface area contributed by atoms with Crippen LogP contribution in [0.3, 0.4) is 0 Å². The van der Waals surface area contributed by atoms with Crippen LogP contribution < -0.4 is 0 Å². The van der Waals surface area contributed by atoms with E-state index in [1.54, 1.807) is 0 Å². The standard InChI is InChI=1S/C20H38O9/c1-3-5-6-18(4-2)20(23)29-16-15-27-12-11-25-8-7-24-9-10-26-13-14-28-17-19(21)22/h18H,3-17H2,1-2H3,(H,21,22). The molecule has 29 heavy (non-hydrogen) atoms. The molecule has 0 bridgehead atoms. The molecule has 0 aliphatic heterocycles. The van der Waals surface area contributed by atoms with E-state index in [0.717, 1.165) is 25.7 Å². The van der Waals surface area contributed by atoms with E-state index in [4.69, 9.17) is 33.5 Å². The first kappa shape index (κ1) is 27.7. The number of esters is 1. The lowest BCUT2D eigenvalue weighted by Gasteiger charge is -2.13. The van der Waals surface area contributed by atoms with Gasteiger partial charge in [-0.1, -0.05) is 26.7 Å². The molecule has 0 aromatic carbocycles. The van der Waals surface area contributed by atoms with Crippen LogP contribution in [0.5, 0.6) is 0 Å². The molecule has 0 heterocycles. The number of aliphatic carboxylic acids is 1. The number of carbonyl (C=O) groups is 2. The first-order valence-electron chi connectivity index (χ1n) is 10.4. The lowest BCUT2D eigenvalue weighted by molar-refractivity contribution is -0.150. The molecule has 0 aromatic heterocycles. The van der Waals surface area contributed by atoms with Crippen LogP contribution in [0, 0.1) is 5.92 Å². The summed E-state index contributed by atoms with van der Waals surface area (Å²) in [5, 5.41) is 8.38. The quantitative estimate of drug-likeness (QED) is 0.207. The van der Waals surface area contributed by atoms with Crippen molar-refractivity contribution in [2.45, 2.75) is 39.5 Å². The fourth-order valence-corrected chi connectivity index (χ4v) is 2.30. The molecule has 1 atom stereocenters. The SMILES string of the molecule is CCCCC(CC)C(=O)OCCOCCOCCOCCOCCOCC(=O)O. The summed E-state index contributed by atoms with van der Waals surface area (Å²) in [5.41, 5.74) is 0. The van der Waals surface area contributed by atoms with Crippen LogP contribution in [-0.2, 0) is 38.0 Å². The van der Waals surface area contributed by atoms with Crippen LogP contribution in [0.15, 0.2) is 0 Å². The summed E-state index contributed by atoms with van der Waals surface area (Å²) in [6.45, 7) is 7.64. The third-order valence-electron chi connectivity index (χ3n) is 3.92. The zero-order chi connectivity index (χ0) is 21.6. The van der Waals surface area contributed by atoms with E-state index in [-0.39, 0.29) is 31.7 Å². The van der Waals surface area contributed by atoms with Gasteiger partial charge in [-0.05, 0) is 12.8 Å². The van der Waals surface area contributed by atoms with Crippen LogP contribution >= 0.6 is 0 Å². The minimum Gasteiger partial charge on any atom is -0.480 e. The van der Waals surface area contributed by atoms with Crippen molar-refractivity contribution in [3.63, 3.8) is 0 Å². The molecular weight excluding hydrogens is 384 g/mol. The molecule has 0 spiro atoms. The van der Waals surface area contributed by atoms with Gasteiger partial charge in [-0.15, -0.1) is 0 Å². The van der Waals surface area contributed by atoms with Gasteiger partial charge in [0.05, 0.1) is 65.4 Å². The summed E-state index contributed by atoms with van der Waals surface area (Å²) in [6, 6.07) is 0. The van der Waals surface area contributed by atoms with Crippen molar-refractivity contribution in [1.82, 2.24) is 0 Å². The normalized spacial score (nSPS) is 12.1. The molecule has 0 aliphatic rings. The topological polar surface area (TPSA) is 110 Å². The molecule has 0 saturated carbocycles. The Morgan fingerprint density at radius 1 is 0.724 bits per heavy atom. The number of ether oxygens (including phenoxy) is 6. The Bertz CT molecular complexity index is 390. The number of unbranched alkanes of at least 4 members (excludes halogenated alkanes) is 1. The largest absolute Gasteiger partial charge is 0.480 e. The molecule has 9 heteroatoms. The smallest absolute Gasteiger partial charge is 0.329 e. The first-order chi connectivity index (χ1) is 14.1. The van der Waals surface area contributed by atoms with Gasteiger partial charge in [0.1, 0.15) is 13.2 Å². The highest BCUT2D eigenvalue weighted by Crippen LogP contribution is 2.14. The van der Waals surface area contributed by atoms with Crippen molar-refractivity contribution in [2.75, 3.05) is 72.7 Å². The Kier molecular flexibility index (Phi) is 20.5. The van der Waals surface area contributed by atoms with Gasteiger partial charge in [0.15, 0.2) is 0 Å². The van der Waals surface area contributed by atoms with Crippen molar-refractivity contribution in [2.24, 2.45) is 5.92 Å². The van der Waals surface area contributed by atoms with Gasteiger partial charge < -0.3 is 33.5 Å². The Labute approximate surface area is 173 Å². The lowest BCUT2D eigenvalue weighted by atomic mass is 10.00.